The van der Waals surface area contributed by atoms with Gasteiger partial charge in [0, 0.05) is 13.2 Å². The van der Waals surface area contributed by atoms with Crippen molar-refractivity contribution in [3.8, 4) is 0 Å². The fourth-order valence-corrected chi connectivity index (χ4v) is 4.67. The second kappa shape index (κ2) is 5.27. The lowest BCUT2D eigenvalue weighted by Crippen LogP contribution is -2.55. The van der Waals surface area contributed by atoms with Crippen molar-refractivity contribution in [2.75, 3.05) is 14.2 Å². The summed E-state index contributed by atoms with van der Waals surface area (Å²) in [6, 6.07) is 0.540. The van der Waals surface area contributed by atoms with E-state index < -0.39 is 0 Å². The first-order valence-corrected chi connectivity index (χ1v) is 7.43. The number of fused-ring (bicyclic) bond motifs is 2. The predicted molar refractivity (Wildman–Crippen MR) is 72.1 cm³/mol. The Morgan fingerprint density at radius 1 is 1.24 bits per heavy atom. The number of nitrogens with one attached hydrogen (secondary N) is 1. The summed E-state index contributed by atoms with van der Waals surface area (Å²) < 4.78 is 5.95. The number of hydrogen-bond acceptors (Lipinski definition) is 2. The molecule has 100 valence electrons. The summed E-state index contributed by atoms with van der Waals surface area (Å²) in [6.45, 7) is 4.54. The van der Waals surface area contributed by atoms with Crippen molar-refractivity contribution in [1.82, 2.24) is 5.32 Å². The van der Waals surface area contributed by atoms with Crippen LogP contribution in [0.5, 0.6) is 0 Å². The summed E-state index contributed by atoms with van der Waals surface area (Å²) in [5.74, 6) is 2.83. The average Bonchev–Trinajstić information content (AvgIpc) is 2.98. The van der Waals surface area contributed by atoms with Crippen LogP contribution >= 0.6 is 0 Å². The fourth-order valence-electron chi connectivity index (χ4n) is 4.67. The molecule has 2 fully saturated rings. The van der Waals surface area contributed by atoms with E-state index in [4.69, 9.17) is 4.74 Å². The number of methoxy groups -OCH3 is 1. The van der Waals surface area contributed by atoms with Crippen LogP contribution in [0.2, 0.25) is 0 Å². The maximum Gasteiger partial charge on any atom is 0.0828 e. The predicted octanol–water partition coefficient (Wildman–Crippen LogP) is 3.22. The smallest absolute Gasteiger partial charge is 0.0828 e. The highest BCUT2D eigenvalue weighted by atomic mass is 16.5. The molecule has 0 spiro atoms. The van der Waals surface area contributed by atoms with E-state index in [-0.39, 0.29) is 5.60 Å². The van der Waals surface area contributed by atoms with Crippen LogP contribution in [0.25, 0.3) is 0 Å². The molecule has 0 amide bonds. The summed E-state index contributed by atoms with van der Waals surface area (Å²) in [5, 5.41) is 3.60. The molecule has 17 heavy (non-hydrogen) atoms. The fraction of sp³-hybridized carbons (Fsp3) is 1.00. The third-order valence-corrected chi connectivity index (χ3v) is 5.70. The van der Waals surface area contributed by atoms with E-state index in [1.54, 1.807) is 0 Å². The van der Waals surface area contributed by atoms with Crippen molar-refractivity contribution in [2.45, 2.75) is 64.0 Å². The van der Waals surface area contributed by atoms with E-state index in [1.165, 1.54) is 25.7 Å². The van der Waals surface area contributed by atoms with Crippen molar-refractivity contribution < 1.29 is 4.74 Å². The van der Waals surface area contributed by atoms with Gasteiger partial charge in [0.2, 0.25) is 0 Å². The lowest BCUT2D eigenvalue weighted by molar-refractivity contribution is -0.0675. The Morgan fingerprint density at radius 3 is 2.29 bits per heavy atom. The maximum absolute atomic E-state index is 5.95. The molecule has 2 nitrogen and oxygen atoms in total. The van der Waals surface area contributed by atoms with Gasteiger partial charge in [0.1, 0.15) is 0 Å². The zero-order chi connectivity index (χ0) is 12.5. The normalized spacial score (nSPS) is 34.2. The SMILES string of the molecule is CCC(CC)(OC)C(NC)C1CC2CCC1C2. The van der Waals surface area contributed by atoms with Gasteiger partial charge in [0.15, 0.2) is 0 Å². The van der Waals surface area contributed by atoms with Crippen molar-refractivity contribution in [3.63, 3.8) is 0 Å². The highest BCUT2D eigenvalue weighted by Gasteiger charge is 2.49. The van der Waals surface area contributed by atoms with E-state index in [1.807, 2.05) is 7.11 Å². The van der Waals surface area contributed by atoms with E-state index in [9.17, 15) is 0 Å². The third kappa shape index (κ3) is 2.15. The molecule has 2 bridgehead atoms. The molecule has 2 heteroatoms. The van der Waals surface area contributed by atoms with Crippen molar-refractivity contribution in [1.29, 1.82) is 0 Å². The summed E-state index contributed by atoms with van der Waals surface area (Å²) in [4.78, 5) is 0. The molecule has 1 N–H and O–H groups in total. The highest BCUT2D eigenvalue weighted by molar-refractivity contribution is 5.02. The highest BCUT2D eigenvalue weighted by Crippen LogP contribution is 2.51. The molecular formula is C15H29NO. The number of likely N-dealkylation sites (N-methyl/N-ethyl adjacent to an activating group) is 1. The van der Waals surface area contributed by atoms with Crippen LogP contribution in [0.1, 0.15) is 52.4 Å². The van der Waals surface area contributed by atoms with Crippen LogP contribution in [0.3, 0.4) is 0 Å². The monoisotopic (exact) mass is 239 g/mol. The summed E-state index contributed by atoms with van der Waals surface area (Å²) in [7, 11) is 4.01. The number of rotatable bonds is 6. The third-order valence-electron chi connectivity index (χ3n) is 5.70. The minimum absolute atomic E-state index is 0.0455. The molecule has 0 heterocycles. The largest absolute Gasteiger partial charge is 0.377 e. The van der Waals surface area contributed by atoms with Crippen molar-refractivity contribution >= 4 is 0 Å². The molecule has 2 aliphatic rings. The molecule has 0 saturated heterocycles. The molecule has 0 aromatic rings. The second-order valence-corrected chi connectivity index (χ2v) is 6.08. The molecule has 0 aliphatic heterocycles. The van der Waals surface area contributed by atoms with E-state index in [0.29, 0.717) is 6.04 Å². The Labute approximate surface area is 107 Å². The summed E-state index contributed by atoms with van der Waals surface area (Å²) >= 11 is 0. The summed E-state index contributed by atoms with van der Waals surface area (Å²) in [5.41, 5.74) is 0.0455. The molecule has 2 aliphatic carbocycles. The lowest BCUT2D eigenvalue weighted by atomic mass is 9.74. The molecule has 0 aromatic carbocycles. The number of hydrogen-bond donors (Lipinski definition) is 1. The molecule has 4 unspecified atom stereocenters. The first-order valence-electron chi connectivity index (χ1n) is 7.43. The van der Waals surface area contributed by atoms with Gasteiger partial charge in [-0.2, -0.15) is 0 Å². The van der Waals surface area contributed by atoms with Gasteiger partial charge in [-0.3, -0.25) is 0 Å². The lowest BCUT2D eigenvalue weighted by Gasteiger charge is -2.44. The molecule has 4 atom stereocenters. The van der Waals surface area contributed by atoms with Gasteiger partial charge in [-0.1, -0.05) is 20.3 Å². The van der Waals surface area contributed by atoms with Gasteiger partial charge in [0.25, 0.3) is 0 Å². The first kappa shape index (κ1) is 13.4. The minimum atomic E-state index is 0.0455. The molecular weight excluding hydrogens is 210 g/mol. The van der Waals surface area contributed by atoms with E-state index in [2.05, 4.69) is 26.2 Å². The summed E-state index contributed by atoms with van der Waals surface area (Å²) in [6.07, 6.45) is 8.08. The van der Waals surface area contributed by atoms with Gasteiger partial charge in [0.05, 0.1) is 5.60 Å². The average molecular weight is 239 g/mol. The number of ether oxygens (including phenoxy) is 1. The van der Waals surface area contributed by atoms with Crippen LogP contribution in [0, 0.1) is 17.8 Å². The van der Waals surface area contributed by atoms with Gasteiger partial charge in [-0.15, -0.1) is 0 Å². The second-order valence-electron chi connectivity index (χ2n) is 6.08. The van der Waals surface area contributed by atoms with Gasteiger partial charge < -0.3 is 10.1 Å². The van der Waals surface area contributed by atoms with Crippen LogP contribution in [0.15, 0.2) is 0 Å². The Bertz CT molecular complexity index is 241. The minimum Gasteiger partial charge on any atom is -0.377 e. The molecule has 0 aromatic heterocycles. The Morgan fingerprint density at radius 2 is 1.94 bits per heavy atom. The standard InChI is InChI=1S/C15H29NO/c1-5-15(6-2,17-4)14(16-3)13-10-11-7-8-12(13)9-11/h11-14,16H,5-10H2,1-4H3. The van der Waals surface area contributed by atoms with E-state index in [0.717, 1.165) is 30.6 Å². The van der Waals surface area contributed by atoms with Crippen LogP contribution in [-0.2, 0) is 4.74 Å². The van der Waals surface area contributed by atoms with Crippen molar-refractivity contribution in [3.05, 3.63) is 0 Å². The van der Waals surface area contributed by atoms with Gasteiger partial charge in [-0.25, -0.2) is 0 Å². The quantitative estimate of drug-likeness (QED) is 0.768. The Hall–Kier alpha value is -0.0800. The van der Waals surface area contributed by atoms with Crippen molar-refractivity contribution in [2.24, 2.45) is 17.8 Å². The van der Waals surface area contributed by atoms with Crippen LogP contribution in [0.4, 0.5) is 0 Å². The first-order chi connectivity index (χ1) is 8.20. The molecule has 2 rings (SSSR count). The Balaban J connectivity index is 2.14. The van der Waals surface area contributed by atoms with Gasteiger partial charge >= 0.3 is 0 Å². The maximum atomic E-state index is 5.95. The van der Waals surface area contributed by atoms with Gasteiger partial charge in [-0.05, 0) is 56.9 Å². The topological polar surface area (TPSA) is 21.3 Å². The molecule has 0 radical (unpaired) electrons. The zero-order valence-corrected chi connectivity index (χ0v) is 12.0. The van der Waals surface area contributed by atoms with Crippen LogP contribution in [-0.4, -0.2) is 25.8 Å². The molecule has 2 saturated carbocycles. The van der Waals surface area contributed by atoms with Crippen LogP contribution < -0.4 is 5.32 Å². The van der Waals surface area contributed by atoms with E-state index >= 15 is 0 Å². The Kier molecular flexibility index (Phi) is 4.14. The zero-order valence-electron chi connectivity index (χ0n) is 12.0.